The average molecular weight is 268 g/mol. The van der Waals surface area contributed by atoms with E-state index in [1.165, 1.54) is 0 Å². The molecule has 1 aromatic rings. The maximum Gasteiger partial charge on any atom is 0.219 e. The fourth-order valence-corrected chi connectivity index (χ4v) is 2.37. The molecule has 0 bridgehead atoms. The number of nitrogens with zero attached hydrogens (tertiary/aromatic N) is 2. The molecular weight excluding hydrogens is 250 g/mol. The molecule has 5 heteroatoms. The van der Waals surface area contributed by atoms with Crippen molar-refractivity contribution < 1.29 is 4.79 Å². The fraction of sp³-hybridized carbons (Fsp3) is 0.462. The lowest BCUT2D eigenvalue weighted by Gasteiger charge is -2.34. The van der Waals surface area contributed by atoms with Gasteiger partial charge in [0.2, 0.25) is 5.91 Å². The number of rotatable bonds is 2. The van der Waals surface area contributed by atoms with Crippen molar-refractivity contribution in [3.63, 3.8) is 0 Å². The summed E-state index contributed by atoms with van der Waals surface area (Å²) in [7, 11) is 0. The van der Waals surface area contributed by atoms with Crippen LogP contribution in [0.4, 0.5) is 5.69 Å². The molecule has 1 heterocycles. The highest BCUT2D eigenvalue weighted by molar-refractivity contribution is 6.30. The number of carbonyl (C=O) groups excluding carboxylic acids is 1. The van der Waals surface area contributed by atoms with Gasteiger partial charge in [-0.2, -0.15) is 0 Å². The molecule has 18 heavy (non-hydrogen) atoms. The zero-order valence-corrected chi connectivity index (χ0v) is 11.3. The summed E-state index contributed by atoms with van der Waals surface area (Å²) < 4.78 is 0. The minimum Gasteiger partial charge on any atom is -0.398 e. The third-order valence-corrected chi connectivity index (χ3v) is 3.55. The summed E-state index contributed by atoms with van der Waals surface area (Å²) in [4.78, 5) is 15.4. The van der Waals surface area contributed by atoms with Crippen molar-refractivity contribution in [2.75, 3.05) is 31.9 Å². The molecule has 4 nitrogen and oxygen atoms in total. The Kier molecular flexibility index (Phi) is 4.09. The molecule has 2 N–H and O–H groups in total. The molecule has 1 aliphatic heterocycles. The van der Waals surface area contributed by atoms with Gasteiger partial charge in [-0.15, -0.1) is 0 Å². The molecule has 1 aromatic carbocycles. The number of piperazine rings is 1. The zero-order valence-electron chi connectivity index (χ0n) is 10.5. The van der Waals surface area contributed by atoms with Gasteiger partial charge in [0.15, 0.2) is 0 Å². The number of hydrogen-bond donors (Lipinski definition) is 1. The summed E-state index contributed by atoms with van der Waals surface area (Å²) >= 11 is 5.97. The molecule has 0 aromatic heterocycles. The Morgan fingerprint density at radius 3 is 2.61 bits per heavy atom. The van der Waals surface area contributed by atoms with Crippen LogP contribution < -0.4 is 5.73 Å². The van der Waals surface area contributed by atoms with Gasteiger partial charge in [0.25, 0.3) is 0 Å². The van der Waals surface area contributed by atoms with Crippen molar-refractivity contribution >= 4 is 23.2 Å². The molecule has 98 valence electrons. The average Bonchev–Trinajstić information content (AvgIpc) is 2.34. The van der Waals surface area contributed by atoms with Crippen LogP contribution in [0.5, 0.6) is 0 Å². The smallest absolute Gasteiger partial charge is 0.219 e. The van der Waals surface area contributed by atoms with E-state index < -0.39 is 0 Å². The quantitative estimate of drug-likeness (QED) is 0.828. The summed E-state index contributed by atoms with van der Waals surface area (Å²) in [5, 5.41) is 0.710. The van der Waals surface area contributed by atoms with E-state index >= 15 is 0 Å². The summed E-state index contributed by atoms with van der Waals surface area (Å²) in [6, 6.07) is 5.55. The van der Waals surface area contributed by atoms with Crippen LogP contribution in [0.3, 0.4) is 0 Å². The normalized spacial score (nSPS) is 16.9. The van der Waals surface area contributed by atoms with Gasteiger partial charge in [-0.25, -0.2) is 0 Å². The predicted molar refractivity (Wildman–Crippen MR) is 73.4 cm³/mol. The van der Waals surface area contributed by atoms with Gasteiger partial charge in [0.05, 0.1) is 0 Å². The zero-order chi connectivity index (χ0) is 13.1. The van der Waals surface area contributed by atoms with Gasteiger partial charge < -0.3 is 10.6 Å². The fourth-order valence-electron chi connectivity index (χ4n) is 2.17. The Balaban J connectivity index is 1.95. The van der Waals surface area contributed by atoms with Crippen molar-refractivity contribution in [1.29, 1.82) is 0 Å². The first-order valence-corrected chi connectivity index (χ1v) is 6.46. The molecule has 0 spiro atoms. The minimum atomic E-state index is 0.150. The van der Waals surface area contributed by atoms with Crippen molar-refractivity contribution in [1.82, 2.24) is 9.80 Å². The molecule has 0 aliphatic carbocycles. The Bertz CT molecular complexity index is 442. The summed E-state index contributed by atoms with van der Waals surface area (Å²) in [5.41, 5.74) is 7.76. The maximum absolute atomic E-state index is 11.2. The second kappa shape index (κ2) is 5.59. The lowest BCUT2D eigenvalue weighted by Crippen LogP contribution is -2.47. The van der Waals surface area contributed by atoms with Gasteiger partial charge >= 0.3 is 0 Å². The molecule has 2 rings (SSSR count). The molecule has 1 fully saturated rings. The first-order valence-electron chi connectivity index (χ1n) is 6.08. The summed E-state index contributed by atoms with van der Waals surface area (Å²) in [5.74, 6) is 0.150. The highest BCUT2D eigenvalue weighted by Gasteiger charge is 2.19. The lowest BCUT2D eigenvalue weighted by atomic mass is 10.1. The second-order valence-electron chi connectivity index (χ2n) is 4.63. The number of nitrogens with two attached hydrogens (primary N) is 1. The number of nitrogen functional groups attached to an aromatic ring is 1. The molecule has 0 atom stereocenters. The third kappa shape index (κ3) is 3.15. The predicted octanol–water partition coefficient (Wildman–Crippen LogP) is 1.59. The second-order valence-corrected chi connectivity index (χ2v) is 5.06. The number of carbonyl (C=O) groups is 1. The largest absolute Gasteiger partial charge is 0.398 e. The molecule has 1 saturated heterocycles. The van der Waals surface area contributed by atoms with Crippen LogP contribution in [0.25, 0.3) is 0 Å². The standard InChI is InChI=1S/C13H18ClN3O/c1-10(18)17-6-4-16(5-7-17)9-11-8-12(14)2-3-13(11)15/h2-3,8H,4-7,9,15H2,1H3. The minimum absolute atomic E-state index is 0.150. The van der Waals surface area contributed by atoms with Crippen LogP contribution in [-0.4, -0.2) is 41.9 Å². The molecule has 1 aliphatic rings. The number of halogens is 1. The van der Waals surface area contributed by atoms with E-state index in [0.717, 1.165) is 44.0 Å². The topological polar surface area (TPSA) is 49.6 Å². The van der Waals surface area contributed by atoms with E-state index in [1.807, 2.05) is 17.0 Å². The summed E-state index contributed by atoms with van der Waals surface area (Å²) in [6.07, 6.45) is 0. The van der Waals surface area contributed by atoms with Crippen LogP contribution in [-0.2, 0) is 11.3 Å². The Labute approximate surface area is 112 Å². The van der Waals surface area contributed by atoms with Crippen LogP contribution in [0.2, 0.25) is 5.02 Å². The van der Waals surface area contributed by atoms with E-state index in [0.29, 0.717) is 5.02 Å². The first kappa shape index (κ1) is 13.2. The van der Waals surface area contributed by atoms with E-state index in [1.54, 1.807) is 13.0 Å². The van der Waals surface area contributed by atoms with E-state index in [-0.39, 0.29) is 5.91 Å². The SMILES string of the molecule is CC(=O)N1CCN(Cc2cc(Cl)ccc2N)CC1. The summed E-state index contributed by atoms with van der Waals surface area (Å²) in [6.45, 7) is 5.74. The van der Waals surface area contributed by atoms with Crippen molar-refractivity contribution in [2.24, 2.45) is 0 Å². The number of hydrogen-bond acceptors (Lipinski definition) is 3. The Morgan fingerprint density at radius 2 is 2.00 bits per heavy atom. The Hall–Kier alpha value is -1.26. The number of anilines is 1. The third-order valence-electron chi connectivity index (χ3n) is 3.32. The van der Waals surface area contributed by atoms with Gasteiger partial charge in [0.1, 0.15) is 0 Å². The van der Waals surface area contributed by atoms with Crippen LogP contribution >= 0.6 is 11.6 Å². The van der Waals surface area contributed by atoms with Crippen molar-refractivity contribution in [3.8, 4) is 0 Å². The van der Waals surface area contributed by atoms with Crippen molar-refractivity contribution in [2.45, 2.75) is 13.5 Å². The first-order chi connectivity index (χ1) is 8.56. The lowest BCUT2D eigenvalue weighted by molar-refractivity contribution is -0.130. The molecule has 1 amide bonds. The van der Waals surface area contributed by atoms with E-state index in [2.05, 4.69) is 4.90 Å². The van der Waals surface area contributed by atoms with E-state index in [9.17, 15) is 4.79 Å². The van der Waals surface area contributed by atoms with Crippen LogP contribution in [0, 0.1) is 0 Å². The van der Waals surface area contributed by atoms with E-state index in [4.69, 9.17) is 17.3 Å². The number of benzene rings is 1. The highest BCUT2D eigenvalue weighted by Crippen LogP contribution is 2.20. The molecular formula is C13H18ClN3O. The highest BCUT2D eigenvalue weighted by atomic mass is 35.5. The molecule has 0 unspecified atom stereocenters. The van der Waals surface area contributed by atoms with Crippen LogP contribution in [0.15, 0.2) is 18.2 Å². The van der Waals surface area contributed by atoms with Gasteiger partial charge in [-0.3, -0.25) is 9.69 Å². The van der Waals surface area contributed by atoms with Crippen molar-refractivity contribution in [3.05, 3.63) is 28.8 Å². The molecule has 0 saturated carbocycles. The maximum atomic E-state index is 11.2. The van der Waals surface area contributed by atoms with Crippen LogP contribution in [0.1, 0.15) is 12.5 Å². The monoisotopic (exact) mass is 267 g/mol. The number of amides is 1. The van der Waals surface area contributed by atoms with Gasteiger partial charge in [-0.1, -0.05) is 11.6 Å². The van der Waals surface area contributed by atoms with Gasteiger partial charge in [0, 0.05) is 50.4 Å². The molecule has 0 radical (unpaired) electrons. The van der Waals surface area contributed by atoms with Gasteiger partial charge in [-0.05, 0) is 23.8 Å². The Morgan fingerprint density at radius 1 is 1.33 bits per heavy atom.